The fourth-order valence-corrected chi connectivity index (χ4v) is 4.81. The Kier molecular flexibility index (Phi) is 6.61. The molecule has 1 saturated heterocycles. The molecular weight excluding hydrogens is 530 g/mol. The molecule has 0 saturated carbocycles. The van der Waals surface area contributed by atoms with Gasteiger partial charge in [-0.05, 0) is 53.1 Å². The topological polar surface area (TPSA) is 98.2 Å². The van der Waals surface area contributed by atoms with Crippen molar-refractivity contribution in [1.29, 1.82) is 0 Å². The van der Waals surface area contributed by atoms with Gasteiger partial charge in [0.05, 0.1) is 25.4 Å². The Morgan fingerprint density at radius 1 is 1.05 bits per heavy atom. The summed E-state index contributed by atoms with van der Waals surface area (Å²) >= 11 is 0. The lowest BCUT2D eigenvalue weighted by Gasteiger charge is -2.15. The number of hydrogen-bond donors (Lipinski definition) is 2. The van der Waals surface area contributed by atoms with Crippen molar-refractivity contribution in [2.45, 2.75) is 24.9 Å². The highest BCUT2D eigenvalue weighted by atomic mass is 19.4. The lowest BCUT2D eigenvalue weighted by atomic mass is 9.97. The number of aryl methyl sites for hydroxylation is 1. The van der Waals surface area contributed by atoms with E-state index in [0.717, 1.165) is 6.07 Å². The molecule has 206 valence electrons. The van der Waals surface area contributed by atoms with Crippen LogP contribution in [0, 0.1) is 5.82 Å². The molecule has 3 heterocycles. The first-order chi connectivity index (χ1) is 19.2. The summed E-state index contributed by atoms with van der Waals surface area (Å²) in [4.78, 5) is 4.39. The standard InChI is InChI=1S/C28H23F4N5O3/c1-37-14-34-36-26(37)20-10-18(29)5-6-19(20)16-3-2-4-17(9-16)27-35-22-8-15(11-33-23-12-39-13-24(23)38)7-21(25(22)40-27)28(30,31)32/h2-10,14,23-24,33,38H,11-13H2,1H3/t23-,24+/m1/s1. The molecule has 5 aromatic rings. The number of hydrogen-bond acceptors (Lipinski definition) is 7. The molecular formula is C28H23F4N5O3. The first kappa shape index (κ1) is 26.1. The number of nitrogens with one attached hydrogen (secondary N) is 1. The van der Waals surface area contributed by atoms with E-state index in [4.69, 9.17) is 9.15 Å². The van der Waals surface area contributed by atoms with E-state index in [1.54, 1.807) is 41.9 Å². The van der Waals surface area contributed by atoms with Crippen LogP contribution < -0.4 is 5.32 Å². The molecule has 2 atom stereocenters. The number of aliphatic hydroxyl groups excluding tert-OH is 1. The molecule has 1 aliphatic rings. The molecule has 3 aromatic carbocycles. The maximum atomic E-state index is 14.2. The van der Waals surface area contributed by atoms with Gasteiger partial charge in [-0.25, -0.2) is 9.37 Å². The van der Waals surface area contributed by atoms with Crippen molar-refractivity contribution in [2.24, 2.45) is 7.05 Å². The van der Waals surface area contributed by atoms with Crippen LogP contribution in [0.2, 0.25) is 0 Å². The van der Waals surface area contributed by atoms with Gasteiger partial charge in [0.1, 0.15) is 23.2 Å². The highest BCUT2D eigenvalue weighted by Crippen LogP contribution is 2.39. The van der Waals surface area contributed by atoms with Crippen molar-refractivity contribution < 1.29 is 31.8 Å². The Balaban J connectivity index is 1.39. The van der Waals surface area contributed by atoms with Crippen molar-refractivity contribution in [2.75, 3.05) is 13.2 Å². The van der Waals surface area contributed by atoms with Crippen LogP contribution in [0.25, 0.3) is 45.1 Å². The summed E-state index contributed by atoms with van der Waals surface area (Å²) in [5, 5.41) is 20.9. The Morgan fingerprint density at radius 2 is 1.88 bits per heavy atom. The van der Waals surface area contributed by atoms with Crippen LogP contribution in [0.1, 0.15) is 11.1 Å². The highest BCUT2D eigenvalue weighted by Gasteiger charge is 2.36. The van der Waals surface area contributed by atoms with Crippen molar-refractivity contribution in [3.63, 3.8) is 0 Å². The average Bonchev–Trinajstić information content (AvgIpc) is 3.66. The zero-order valence-electron chi connectivity index (χ0n) is 21.1. The van der Waals surface area contributed by atoms with Gasteiger partial charge in [0.2, 0.25) is 5.89 Å². The molecule has 1 aliphatic heterocycles. The quantitative estimate of drug-likeness (QED) is 0.287. The number of halogens is 4. The third-order valence-corrected chi connectivity index (χ3v) is 6.83. The summed E-state index contributed by atoms with van der Waals surface area (Å²) < 4.78 is 68.8. The Labute approximate surface area is 225 Å². The second kappa shape index (κ2) is 10.1. The smallest absolute Gasteiger partial charge is 0.420 e. The number of ether oxygens (including phenoxy) is 1. The van der Waals surface area contributed by atoms with Gasteiger partial charge >= 0.3 is 6.18 Å². The minimum Gasteiger partial charge on any atom is -0.435 e. The maximum absolute atomic E-state index is 14.2. The molecule has 40 heavy (non-hydrogen) atoms. The van der Waals surface area contributed by atoms with Crippen LogP contribution in [0.15, 0.2) is 65.3 Å². The molecule has 2 N–H and O–H groups in total. The number of fused-ring (bicyclic) bond motifs is 1. The van der Waals surface area contributed by atoms with Crippen LogP contribution in [-0.4, -0.2) is 50.2 Å². The number of aromatic nitrogens is 4. The predicted octanol–water partition coefficient (Wildman–Crippen LogP) is 4.96. The summed E-state index contributed by atoms with van der Waals surface area (Å²) in [7, 11) is 1.74. The van der Waals surface area contributed by atoms with Crippen LogP contribution in [0.4, 0.5) is 17.6 Å². The summed E-state index contributed by atoms with van der Waals surface area (Å²) in [5.74, 6) is 0.0144. The summed E-state index contributed by atoms with van der Waals surface area (Å²) in [6, 6.07) is 13.4. The second-order valence-corrected chi connectivity index (χ2v) is 9.64. The van der Waals surface area contributed by atoms with Gasteiger partial charge in [0.15, 0.2) is 11.4 Å². The van der Waals surface area contributed by atoms with Gasteiger partial charge in [-0.1, -0.05) is 18.2 Å². The Morgan fingerprint density at radius 3 is 2.60 bits per heavy atom. The van der Waals surface area contributed by atoms with E-state index >= 15 is 0 Å². The molecule has 12 heteroatoms. The van der Waals surface area contributed by atoms with E-state index in [1.807, 2.05) is 0 Å². The zero-order valence-corrected chi connectivity index (χ0v) is 21.1. The van der Waals surface area contributed by atoms with Crippen LogP contribution in [0.5, 0.6) is 0 Å². The third-order valence-electron chi connectivity index (χ3n) is 6.83. The second-order valence-electron chi connectivity index (χ2n) is 9.64. The van der Waals surface area contributed by atoms with Gasteiger partial charge in [-0.3, -0.25) is 0 Å². The lowest BCUT2D eigenvalue weighted by molar-refractivity contribution is -0.136. The SMILES string of the molecule is Cn1cnnc1-c1cc(F)ccc1-c1cccc(-c2nc3cc(CN[C@@H]4COC[C@@H]4O)cc(C(F)(F)F)c3o2)c1. The summed E-state index contributed by atoms with van der Waals surface area (Å²) in [6.45, 7) is 0.526. The normalized spacial score (nSPS) is 17.6. The van der Waals surface area contributed by atoms with Gasteiger partial charge in [0.25, 0.3) is 0 Å². The first-order valence-electron chi connectivity index (χ1n) is 12.4. The molecule has 0 bridgehead atoms. The Bertz CT molecular complexity index is 1700. The van der Waals surface area contributed by atoms with Crippen LogP contribution >= 0.6 is 0 Å². The number of nitrogens with zero attached hydrogens (tertiary/aromatic N) is 4. The molecule has 1 fully saturated rings. The van der Waals surface area contributed by atoms with Crippen molar-refractivity contribution in [1.82, 2.24) is 25.1 Å². The fraction of sp³-hybridized carbons (Fsp3) is 0.250. The number of rotatable bonds is 6. The van der Waals surface area contributed by atoms with E-state index in [0.29, 0.717) is 33.6 Å². The molecule has 0 spiro atoms. The minimum absolute atomic E-state index is 0.00870. The van der Waals surface area contributed by atoms with Crippen molar-refractivity contribution in [3.8, 4) is 34.0 Å². The molecule has 2 aromatic heterocycles. The van der Waals surface area contributed by atoms with Gasteiger partial charge in [-0.2, -0.15) is 13.2 Å². The Hall–Kier alpha value is -4.13. The van der Waals surface area contributed by atoms with E-state index in [9.17, 15) is 22.7 Å². The van der Waals surface area contributed by atoms with Crippen molar-refractivity contribution >= 4 is 11.1 Å². The number of aliphatic hydroxyl groups is 1. The summed E-state index contributed by atoms with van der Waals surface area (Å²) in [6.07, 6.45) is -3.90. The zero-order chi connectivity index (χ0) is 28.0. The largest absolute Gasteiger partial charge is 0.435 e. The van der Waals surface area contributed by atoms with E-state index in [1.165, 1.54) is 24.5 Å². The molecule has 6 rings (SSSR count). The maximum Gasteiger partial charge on any atom is 0.420 e. The number of benzene rings is 3. The fourth-order valence-electron chi connectivity index (χ4n) is 4.81. The first-order valence-corrected chi connectivity index (χ1v) is 12.4. The molecule has 8 nitrogen and oxygen atoms in total. The lowest BCUT2D eigenvalue weighted by Crippen LogP contribution is -2.38. The van der Waals surface area contributed by atoms with Gasteiger partial charge < -0.3 is 24.1 Å². The minimum atomic E-state index is -4.68. The van der Waals surface area contributed by atoms with E-state index in [-0.39, 0.29) is 42.8 Å². The highest BCUT2D eigenvalue weighted by molar-refractivity contribution is 5.84. The van der Waals surface area contributed by atoms with Crippen LogP contribution in [0.3, 0.4) is 0 Å². The van der Waals surface area contributed by atoms with E-state index in [2.05, 4.69) is 20.5 Å². The molecule has 0 amide bonds. The number of alkyl halides is 3. The monoisotopic (exact) mass is 553 g/mol. The summed E-state index contributed by atoms with van der Waals surface area (Å²) in [5.41, 5.74) is 1.34. The van der Waals surface area contributed by atoms with Gasteiger partial charge in [0, 0.05) is 24.7 Å². The molecule has 0 unspecified atom stereocenters. The van der Waals surface area contributed by atoms with E-state index < -0.39 is 23.7 Å². The predicted molar refractivity (Wildman–Crippen MR) is 137 cm³/mol. The third kappa shape index (κ3) is 4.96. The van der Waals surface area contributed by atoms with Gasteiger partial charge in [-0.15, -0.1) is 10.2 Å². The van der Waals surface area contributed by atoms with Crippen molar-refractivity contribution in [3.05, 3.63) is 77.9 Å². The van der Waals surface area contributed by atoms with Crippen LogP contribution in [-0.2, 0) is 24.5 Å². The average molecular weight is 554 g/mol. The molecule has 0 radical (unpaired) electrons. The molecule has 0 aliphatic carbocycles. The number of oxazole rings is 1.